The van der Waals surface area contributed by atoms with Gasteiger partial charge in [-0.05, 0) is 62.4 Å². The largest absolute Gasteiger partial charge is 0.361 e. The molecule has 0 atom stereocenters. The van der Waals surface area contributed by atoms with Crippen LogP contribution in [0, 0.1) is 5.92 Å². The van der Waals surface area contributed by atoms with Crippen molar-refractivity contribution in [2.45, 2.75) is 46.5 Å². The van der Waals surface area contributed by atoms with E-state index in [9.17, 15) is 18.8 Å². The van der Waals surface area contributed by atoms with Gasteiger partial charge in [0.1, 0.15) is 19.7 Å². The molecule has 1 aromatic carbocycles. The van der Waals surface area contributed by atoms with Gasteiger partial charge < -0.3 is 24.3 Å². The number of piperazine rings is 1. The maximum Gasteiger partial charge on any atom is 0.255 e. The number of halogens is 2. The molecule has 0 aromatic heterocycles. The van der Waals surface area contributed by atoms with Crippen molar-refractivity contribution in [3.05, 3.63) is 76.5 Å². The number of hydrogen-bond donors (Lipinski definition) is 0. The van der Waals surface area contributed by atoms with Crippen LogP contribution >= 0.6 is 11.6 Å². The highest BCUT2D eigenvalue weighted by Crippen LogP contribution is 2.35. The normalized spacial score (nSPS) is 17.4. The van der Waals surface area contributed by atoms with Crippen molar-refractivity contribution in [1.29, 1.82) is 0 Å². The number of piperidine rings is 1. The molecule has 0 unspecified atom stereocenters. The van der Waals surface area contributed by atoms with Gasteiger partial charge in [0.15, 0.2) is 0 Å². The van der Waals surface area contributed by atoms with Gasteiger partial charge in [0, 0.05) is 69.8 Å². The molecule has 248 valence electrons. The first-order valence-electron chi connectivity index (χ1n) is 15.9. The minimum atomic E-state index is -0.490. The predicted molar refractivity (Wildman–Crippen MR) is 181 cm³/mol. The molecule has 3 heterocycles. The average Bonchev–Trinajstić information content (AvgIpc) is 3.07. The van der Waals surface area contributed by atoms with E-state index in [1.54, 1.807) is 23.2 Å². The summed E-state index contributed by atoms with van der Waals surface area (Å²) in [7, 11) is 2.07. The van der Waals surface area contributed by atoms with Gasteiger partial charge in [-0.25, -0.2) is 4.39 Å². The molecule has 8 nitrogen and oxygen atoms in total. The van der Waals surface area contributed by atoms with Gasteiger partial charge in [0.05, 0.1) is 10.6 Å². The second-order valence-corrected chi connectivity index (χ2v) is 11.4. The smallest absolute Gasteiger partial charge is 0.255 e. The van der Waals surface area contributed by atoms with Crippen LogP contribution in [0.3, 0.4) is 0 Å². The third kappa shape index (κ3) is 11.9. The summed E-state index contributed by atoms with van der Waals surface area (Å²) in [6.45, 7) is 15.1. The number of carbonyl (C=O) groups is 3. The van der Waals surface area contributed by atoms with Crippen molar-refractivity contribution >= 4 is 35.9 Å². The molecule has 0 N–H and O–H groups in total. The van der Waals surface area contributed by atoms with Crippen LogP contribution < -0.4 is 4.90 Å². The van der Waals surface area contributed by atoms with Crippen molar-refractivity contribution < 1.29 is 23.5 Å². The third-order valence-electron chi connectivity index (χ3n) is 7.88. The van der Waals surface area contributed by atoms with Gasteiger partial charge in [-0.15, -0.1) is 0 Å². The molecular weight excluding hydrogens is 595 g/mol. The van der Waals surface area contributed by atoms with Gasteiger partial charge in [-0.2, -0.15) is 0 Å². The molecular formula is C35H50ClFN4O4. The SMILES string of the molecule is C=C/C=C(\C=C/CF)CC1CCN(C(=O)c2cc3c(cc2Cl)N(COCC)C=C(C=O)C3)CC1.CC.CN1CCN(C=O)CC1. The lowest BCUT2D eigenvalue weighted by Gasteiger charge is -2.33. The van der Waals surface area contributed by atoms with Crippen LogP contribution in [0.15, 0.2) is 60.4 Å². The Morgan fingerprint density at radius 1 is 1.11 bits per heavy atom. The van der Waals surface area contributed by atoms with Crippen LogP contribution in [0.4, 0.5) is 10.1 Å². The van der Waals surface area contributed by atoms with E-state index in [-0.39, 0.29) is 5.91 Å². The number of allylic oxidation sites excluding steroid dienone is 6. The first kappa shape index (κ1) is 37.9. The second-order valence-electron chi connectivity index (χ2n) is 11.0. The highest BCUT2D eigenvalue weighted by molar-refractivity contribution is 6.34. The van der Waals surface area contributed by atoms with Crippen molar-refractivity contribution in [1.82, 2.24) is 14.7 Å². The topological polar surface area (TPSA) is 73.4 Å². The molecule has 2 saturated heterocycles. The summed E-state index contributed by atoms with van der Waals surface area (Å²) in [5, 5.41) is 0.392. The molecule has 3 aliphatic heterocycles. The fraction of sp³-hybridized carbons (Fsp3) is 0.514. The predicted octanol–water partition coefficient (Wildman–Crippen LogP) is 6.08. The van der Waals surface area contributed by atoms with Crippen molar-refractivity contribution in [2.75, 3.05) is 71.2 Å². The van der Waals surface area contributed by atoms with Crippen LogP contribution in [-0.4, -0.2) is 99.6 Å². The highest BCUT2D eigenvalue weighted by Gasteiger charge is 2.27. The van der Waals surface area contributed by atoms with E-state index < -0.39 is 6.67 Å². The summed E-state index contributed by atoms with van der Waals surface area (Å²) in [4.78, 5) is 42.7. The minimum Gasteiger partial charge on any atom is -0.361 e. The number of rotatable bonds is 11. The molecule has 2 amide bonds. The Kier molecular flexibility index (Phi) is 17.4. The first-order valence-corrected chi connectivity index (χ1v) is 16.2. The molecule has 0 aliphatic carbocycles. The minimum absolute atomic E-state index is 0.0935. The molecule has 4 rings (SSSR count). The van der Waals surface area contributed by atoms with Gasteiger partial charge in [-0.1, -0.05) is 56.3 Å². The Hall–Kier alpha value is -3.27. The molecule has 0 saturated carbocycles. The Bertz CT molecular complexity index is 1200. The van der Waals surface area contributed by atoms with E-state index in [1.165, 1.54) is 6.08 Å². The number of nitrogens with zero attached hydrogens (tertiary/aromatic N) is 4. The number of anilines is 1. The van der Waals surface area contributed by atoms with E-state index in [4.69, 9.17) is 16.3 Å². The van der Waals surface area contributed by atoms with Crippen LogP contribution in [0.25, 0.3) is 0 Å². The number of aldehydes is 1. The lowest BCUT2D eigenvalue weighted by Crippen LogP contribution is -2.43. The fourth-order valence-electron chi connectivity index (χ4n) is 5.39. The zero-order chi connectivity index (χ0) is 33.2. The van der Waals surface area contributed by atoms with Crippen molar-refractivity contribution in [3.63, 3.8) is 0 Å². The molecule has 0 spiro atoms. The number of ether oxygens (including phenoxy) is 1. The molecule has 0 radical (unpaired) electrons. The Morgan fingerprint density at radius 3 is 2.38 bits per heavy atom. The van der Waals surface area contributed by atoms with Crippen molar-refractivity contribution in [3.8, 4) is 0 Å². The van der Waals surface area contributed by atoms with Gasteiger partial charge >= 0.3 is 0 Å². The summed E-state index contributed by atoms with van der Waals surface area (Å²) >= 11 is 6.57. The van der Waals surface area contributed by atoms with E-state index in [0.29, 0.717) is 54.9 Å². The summed E-state index contributed by atoms with van der Waals surface area (Å²) in [5.41, 5.74) is 3.86. The third-order valence-corrected chi connectivity index (χ3v) is 8.19. The van der Waals surface area contributed by atoms with E-state index in [0.717, 1.165) is 75.0 Å². The number of likely N-dealkylation sites (tertiary alicyclic amines) is 1. The average molecular weight is 645 g/mol. The van der Waals surface area contributed by atoms with E-state index in [1.807, 2.05) is 48.8 Å². The summed E-state index contributed by atoms with van der Waals surface area (Å²) in [6, 6.07) is 3.60. The zero-order valence-corrected chi connectivity index (χ0v) is 28.1. The first-order chi connectivity index (χ1) is 21.8. The number of benzene rings is 1. The van der Waals surface area contributed by atoms with Gasteiger partial charge in [0.2, 0.25) is 6.41 Å². The van der Waals surface area contributed by atoms with Gasteiger partial charge in [0.25, 0.3) is 5.91 Å². The highest BCUT2D eigenvalue weighted by atomic mass is 35.5. The quantitative estimate of drug-likeness (QED) is 0.215. The summed E-state index contributed by atoms with van der Waals surface area (Å²) < 4.78 is 18.0. The molecule has 3 aliphatic rings. The standard InChI is InChI=1S/C27H32ClFN2O3.C6H12N2O.C2H6/c1-3-6-20(7-5-10-29)13-21-8-11-30(12-9-21)27(33)24-15-23-14-22(18-32)17-31(19-34-4-2)26(23)16-25(24)28;1-7-2-4-8(6-9)5-3-7;1-2/h3,5-7,15-18,21H,1,4,8-14,19H2,2H3;6H,2-5H2,1H3;1-2H3/b7-5-,20-6+;;. The number of hydrogen-bond acceptors (Lipinski definition) is 6. The molecule has 10 heteroatoms. The lowest BCUT2D eigenvalue weighted by atomic mass is 9.89. The number of alkyl halides is 1. The molecule has 0 bridgehead atoms. The monoisotopic (exact) mass is 644 g/mol. The summed E-state index contributed by atoms with van der Waals surface area (Å²) in [5.74, 6) is 0.329. The van der Waals surface area contributed by atoms with E-state index >= 15 is 0 Å². The second kappa shape index (κ2) is 20.7. The maximum absolute atomic E-state index is 13.3. The Labute approximate surface area is 273 Å². The van der Waals surface area contributed by atoms with Crippen LogP contribution in [-0.2, 0) is 20.7 Å². The van der Waals surface area contributed by atoms with Gasteiger partial charge in [-0.3, -0.25) is 14.4 Å². The van der Waals surface area contributed by atoms with Crippen LogP contribution in [0.1, 0.15) is 56.0 Å². The molecule has 1 aromatic rings. The number of fused-ring (bicyclic) bond motifs is 1. The molecule has 2 fully saturated rings. The number of likely N-dealkylation sites (N-methyl/N-ethyl adjacent to an activating group) is 1. The number of amides is 2. The van der Waals surface area contributed by atoms with Crippen LogP contribution in [0.2, 0.25) is 5.02 Å². The fourth-order valence-corrected chi connectivity index (χ4v) is 5.63. The molecule has 45 heavy (non-hydrogen) atoms. The van der Waals surface area contributed by atoms with E-state index in [2.05, 4.69) is 18.5 Å². The van der Waals surface area contributed by atoms with Crippen LogP contribution in [0.5, 0.6) is 0 Å². The lowest BCUT2D eigenvalue weighted by molar-refractivity contribution is -0.119. The Morgan fingerprint density at radius 2 is 1.80 bits per heavy atom. The van der Waals surface area contributed by atoms with Crippen molar-refractivity contribution in [2.24, 2.45) is 5.92 Å². The Balaban J connectivity index is 0.000000544. The maximum atomic E-state index is 13.3. The number of carbonyl (C=O) groups excluding carboxylic acids is 3. The summed E-state index contributed by atoms with van der Waals surface area (Å²) in [6.07, 6.45) is 13.5. The zero-order valence-electron chi connectivity index (χ0n) is 27.4.